The van der Waals surface area contributed by atoms with Crippen molar-refractivity contribution in [2.24, 2.45) is 0 Å². The van der Waals surface area contributed by atoms with Gasteiger partial charge in [-0.2, -0.15) is 0 Å². The van der Waals surface area contributed by atoms with Gasteiger partial charge in [0.1, 0.15) is 0 Å². The Morgan fingerprint density at radius 3 is 1.62 bits per heavy atom. The van der Waals surface area contributed by atoms with E-state index in [1.165, 1.54) is 60.1 Å². The van der Waals surface area contributed by atoms with Crippen molar-refractivity contribution in [2.45, 2.75) is 0 Å². The fraction of sp³-hybridized carbons (Fsp3) is 0. The second-order valence-corrected chi connectivity index (χ2v) is 14.9. The van der Waals surface area contributed by atoms with Crippen molar-refractivity contribution in [1.29, 1.82) is 0 Å². The first-order valence-corrected chi connectivity index (χ1v) is 19.9. The van der Waals surface area contributed by atoms with Gasteiger partial charge in [-0.25, -0.2) is 0 Å². The van der Waals surface area contributed by atoms with Gasteiger partial charge in [0.05, 0.1) is 22.4 Å². The molecule has 2 heteroatoms. The maximum Gasteiger partial charge on any atom is 0.0561 e. The van der Waals surface area contributed by atoms with Crippen molar-refractivity contribution >= 4 is 60.4 Å². The SMILES string of the molecule is c1ccc(-c2ccccc2N(c2ccc3c4ccccc4n(-c4ccccc4)c3c2)c2ccc(-c3cccc4ccccc34)cc2-c2cccc3ccccc23)cc1. The lowest BCUT2D eigenvalue weighted by Gasteiger charge is -2.31. The minimum Gasteiger partial charge on any atom is -0.309 e. The Hall–Kier alpha value is -7.68. The Morgan fingerprint density at radius 2 is 0.845 bits per heavy atom. The molecule has 0 aliphatic carbocycles. The fourth-order valence-corrected chi connectivity index (χ4v) is 8.94. The maximum absolute atomic E-state index is 2.48. The predicted molar refractivity (Wildman–Crippen MR) is 247 cm³/mol. The predicted octanol–water partition coefficient (Wildman–Crippen LogP) is 15.6. The molecule has 0 aliphatic heterocycles. The van der Waals surface area contributed by atoms with Crippen LogP contribution in [0.2, 0.25) is 0 Å². The number of para-hydroxylation sites is 3. The van der Waals surface area contributed by atoms with Crippen LogP contribution in [0.4, 0.5) is 17.1 Å². The van der Waals surface area contributed by atoms with Crippen molar-refractivity contribution < 1.29 is 0 Å². The molecule has 0 fully saturated rings. The zero-order valence-corrected chi connectivity index (χ0v) is 31.8. The molecular formula is C56H38N2. The summed E-state index contributed by atoms with van der Waals surface area (Å²) >= 11 is 0. The lowest BCUT2D eigenvalue weighted by Crippen LogP contribution is -2.13. The quantitative estimate of drug-likeness (QED) is 0.158. The number of benzene rings is 10. The average molecular weight is 739 g/mol. The van der Waals surface area contributed by atoms with Gasteiger partial charge in [-0.3, -0.25) is 0 Å². The summed E-state index contributed by atoms with van der Waals surface area (Å²) in [6, 6.07) is 83.9. The summed E-state index contributed by atoms with van der Waals surface area (Å²) in [5.74, 6) is 0. The standard InChI is InChI=1S/C56H38N2/c1-3-17-41(18-4-1)48-27-11-13-31-53(48)58(44-34-35-51-50-28-12-14-32-54(50)57(56(51)38-44)43-23-5-2-6-24-43)55-36-33-42(47-29-15-21-39-19-7-9-25-45(39)47)37-52(55)49-30-16-22-40-20-8-10-26-46(40)49/h1-38H. The van der Waals surface area contributed by atoms with E-state index < -0.39 is 0 Å². The second-order valence-electron chi connectivity index (χ2n) is 14.9. The largest absolute Gasteiger partial charge is 0.309 e. The summed E-state index contributed by atoms with van der Waals surface area (Å²) in [6.45, 7) is 0. The second kappa shape index (κ2) is 14.1. The Bertz CT molecular complexity index is 3280. The summed E-state index contributed by atoms with van der Waals surface area (Å²) < 4.78 is 2.41. The number of hydrogen-bond acceptors (Lipinski definition) is 1. The number of fused-ring (bicyclic) bond motifs is 5. The monoisotopic (exact) mass is 738 g/mol. The van der Waals surface area contributed by atoms with Crippen LogP contribution in [0.3, 0.4) is 0 Å². The van der Waals surface area contributed by atoms with Gasteiger partial charge >= 0.3 is 0 Å². The third-order valence-corrected chi connectivity index (χ3v) is 11.6. The maximum atomic E-state index is 2.48. The Kier molecular flexibility index (Phi) is 8.19. The van der Waals surface area contributed by atoms with E-state index in [4.69, 9.17) is 0 Å². The third kappa shape index (κ3) is 5.66. The molecule has 2 nitrogen and oxygen atoms in total. The van der Waals surface area contributed by atoms with E-state index in [-0.39, 0.29) is 0 Å². The van der Waals surface area contributed by atoms with Crippen molar-refractivity contribution in [3.63, 3.8) is 0 Å². The van der Waals surface area contributed by atoms with Crippen molar-refractivity contribution in [3.8, 4) is 39.1 Å². The van der Waals surface area contributed by atoms with Gasteiger partial charge in [-0.05, 0) is 92.3 Å². The van der Waals surface area contributed by atoms with E-state index >= 15 is 0 Å². The molecule has 0 bridgehead atoms. The van der Waals surface area contributed by atoms with E-state index in [9.17, 15) is 0 Å². The number of aromatic nitrogens is 1. The van der Waals surface area contributed by atoms with Crippen LogP contribution in [0, 0.1) is 0 Å². The van der Waals surface area contributed by atoms with Crippen LogP contribution in [0.5, 0.6) is 0 Å². The Labute approximate surface area is 338 Å². The molecule has 0 saturated carbocycles. The number of hydrogen-bond donors (Lipinski definition) is 0. The smallest absolute Gasteiger partial charge is 0.0561 e. The Morgan fingerprint density at radius 1 is 0.293 bits per heavy atom. The molecule has 0 spiro atoms. The molecule has 10 aromatic carbocycles. The molecule has 0 unspecified atom stereocenters. The number of rotatable bonds is 7. The minimum atomic E-state index is 1.08. The molecular weight excluding hydrogens is 701 g/mol. The Balaban J connectivity index is 1.24. The molecule has 0 radical (unpaired) electrons. The van der Waals surface area contributed by atoms with Crippen molar-refractivity contribution in [2.75, 3.05) is 4.90 Å². The number of nitrogens with zero attached hydrogens (tertiary/aromatic N) is 2. The van der Waals surface area contributed by atoms with Gasteiger partial charge in [-0.15, -0.1) is 0 Å². The van der Waals surface area contributed by atoms with Crippen molar-refractivity contribution in [3.05, 3.63) is 231 Å². The summed E-state index contributed by atoms with van der Waals surface area (Å²) in [7, 11) is 0. The van der Waals surface area contributed by atoms with Crippen LogP contribution in [0.15, 0.2) is 231 Å². The molecule has 11 rings (SSSR count). The van der Waals surface area contributed by atoms with Gasteiger partial charge in [0.25, 0.3) is 0 Å². The summed E-state index contributed by atoms with van der Waals surface area (Å²) in [6.07, 6.45) is 0. The van der Waals surface area contributed by atoms with Crippen LogP contribution in [-0.4, -0.2) is 4.57 Å². The van der Waals surface area contributed by atoms with Crippen LogP contribution < -0.4 is 4.90 Å². The summed E-state index contributed by atoms with van der Waals surface area (Å²) in [5.41, 5.74) is 13.9. The molecule has 1 aromatic heterocycles. The van der Waals surface area contributed by atoms with Crippen LogP contribution >= 0.6 is 0 Å². The van der Waals surface area contributed by atoms with Crippen LogP contribution in [-0.2, 0) is 0 Å². The zero-order valence-electron chi connectivity index (χ0n) is 31.8. The van der Waals surface area contributed by atoms with E-state index in [0.717, 1.165) is 39.4 Å². The molecule has 0 aliphatic rings. The van der Waals surface area contributed by atoms with Crippen molar-refractivity contribution in [1.82, 2.24) is 4.57 Å². The molecule has 0 atom stereocenters. The molecule has 58 heavy (non-hydrogen) atoms. The zero-order chi connectivity index (χ0) is 38.4. The van der Waals surface area contributed by atoms with Crippen LogP contribution in [0.25, 0.3) is 82.4 Å². The highest BCUT2D eigenvalue weighted by Crippen LogP contribution is 2.48. The van der Waals surface area contributed by atoms with Gasteiger partial charge in [0, 0.05) is 33.3 Å². The topological polar surface area (TPSA) is 8.17 Å². The first-order valence-electron chi connectivity index (χ1n) is 19.9. The lowest BCUT2D eigenvalue weighted by atomic mass is 9.91. The lowest BCUT2D eigenvalue weighted by molar-refractivity contribution is 1.18. The van der Waals surface area contributed by atoms with Gasteiger partial charge in [-0.1, -0.05) is 182 Å². The first-order chi connectivity index (χ1) is 28.8. The van der Waals surface area contributed by atoms with E-state index in [0.29, 0.717) is 0 Å². The van der Waals surface area contributed by atoms with Gasteiger partial charge in [0.2, 0.25) is 0 Å². The molecule has 272 valence electrons. The average Bonchev–Trinajstić information content (AvgIpc) is 3.63. The third-order valence-electron chi connectivity index (χ3n) is 11.6. The normalized spacial score (nSPS) is 11.4. The van der Waals surface area contributed by atoms with Gasteiger partial charge in [0.15, 0.2) is 0 Å². The van der Waals surface area contributed by atoms with Crippen LogP contribution in [0.1, 0.15) is 0 Å². The summed E-state index contributed by atoms with van der Waals surface area (Å²) in [4.78, 5) is 2.48. The van der Waals surface area contributed by atoms with E-state index in [1.54, 1.807) is 0 Å². The highest BCUT2D eigenvalue weighted by Gasteiger charge is 2.24. The summed E-state index contributed by atoms with van der Waals surface area (Å²) in [5, 5.41) is 7.37. The molecule has 0 N–H and O–H groups in total. The minimum absolute atomic E-state index is 1.08. The molecule has 1 heterocycles. The highest BCUT2D eigenvalue weighted by molar-refractivity contribution is 6.11. The fourth-order valence-electron chi connectivity index (χ4n) is 8.94. The first kappa shape index (κ1) is 33.6. The van der Waals surface area contributed by atoms with E-state index in [1.807, 2.05) is 0 Å². The molecule has 0 amide bonds. The number of anilines is 3. The van der Waals surface area contributed by atoms with Gasteiger partial charge < -0.3 is 9.47 Å². The molecule has 0 saturated heterocycles. The highest BCUT2D eigenvalue weighted by atomic mass is 15.1. The molecule has 11 aromatic rings. The van der Waals surface area contributed by atoms with E-state index in [2.05, 4.69) is 240 Å².